The molecule has 130 valence electrons. The van der Waals surface area contributed by atoms with Crippen molar-refractivity contribution in [1.82, 2.24) is 4.31 Å². The Kier molecular flexibility index (Phi) is 5.99. The Bertz CT molecular complexity index is 755. The minimum absolute atomic E-state index is 0.000519. The number of hydrogen-bond donors (Lipinski definition) is 1. The minimum atomic E-state index is -3.49. The van der Waals surface area contributed by atoms with Crippen LogP contribution in [0.4, 0.5) is 0 Å². The third kappa shape index (κ3) is 4.80. The molecule has 2 aromatic rings. The summed E-state index contributed by atoms with van der Waals surface area (Å²) in [5, 5.41) is 10.3. The first-order valence-corrected chi connectivity index (χ1v) is 9.24. The maximum Gasteiger partial charge on any atom is 0.218 e. The highest BCUT2D eigenvalue weighted by atomic mass is 32.2. The third-order valence-corrected chi connectivity index (χ3v) is 5.67. The van der Waals surface area contributed by atoms with Crippen LogP contribution in [0.2, 0.25) is 0 Å². The van der Waals surface area contributed by atoms with Gasteiger partial charge in [-0.2, -0.15) is 0 Å². The highest BCUT2D eigenvalue weighted by Crippen LogP contribution is 2.20. The first-order chi connectivity index (χ1) is 11.3. The van der Waals surface area contributed by atoms with E-state index in [0.717, 1.165) is 11.1 Å². The molecule has 0 aliphatic rings. The van der Waals surface area contributed by atoms with Crippen LogP contribution in [-0.2, 0) is 15.8 Å². The monoisotopic (exact) mass is 349 g/mol. The number of methoxy groups -OCH3 is 1. The Morgan fingerprint density at radius 2 is 1.67 bits per heavy atom. The standard InChI is InChI=1S/C18H23NO4S/c1-14-4-6-15(7-5-14)13-24(21,22)19(2)12-18(20)16-8-10-17(23-3)11-9-16/h4-11,18,20H,12-13H2,1-3H3. The predicted molar refractivity (Wildman–Crippen MR) is 94.4 cm³/mol. The number of likely N-dealkylation sites (N-methyl/N-ethyl adjacent to an activating group) is 1. The molecule has 0 aromatic heterocycles. The van der Waals surface area contributed by atoms with Crippen LogP contribution in [0.25, 0.3) is 0 Å². The van der Waals surface area contributed by atoms with Crippen molar-refractivity contribution in [3.05, 3.63) is 65.2 Å². The van der Waals surface area contributed by atoms with Crippen molar-refractivity contribution in [2.75, 3.05) is 20.7 Å². The molecule has 1 atom stereocenters. The molecular formula is C18H23NO4S. The number of hydrogen-bond acceptors (Lipinski definition) is 4. The van der Waals surface area contributed by atoms with Crippen LogP contribution in [0.5, 0.6) is 5.75 Å². The Hall–Kier alpha value is -1.89. The Balaban J connectivity index is 2.03. The maximum atomic E-state index is 12.4. The molecule has 2 rings (SSSR count). The van der Waals surface area contributed by atoms with Gasteiger partial charge >= 0.3 is 0 Å². The van der Waals surface area contributed by atoms with E-state index in [1.807, 2.05) is 19.1 Å². The number of sulfonamides is 1. The Labute approximate surface area is 143 Å². The van der Waals surface area contributed by atoms with E-state index in [-0.39, 0.29) is 12.3 Å². The lowest BCUT2D eigenvalue weighted by Crippen LogP contribution is -2.32. The summed E-state index contributed by atoms with van der Waals surface area (Å²) in [6, 6.07) is 14.3. The molecular weight excluding hydrogens is 326 g/mol. The van der Waals surface area contributed by atoms with Gasteiger partial charge in [0, 0.05) is 13.6 Å². The SMILES string of the molecule is COc1ccc(C(O)CN(C)S(=O)(=O)Cc2ccc(C)cc2)cc1. The lowest BCUT2D eigenvalue weighted by molar-refractivity contribution is 0.155. The second-order valence-electron chi connectivity index (χ2n) is 5.81. The largest absolute Gasteiger partial charge is 0.497 e. The summed E-state index contributed by atoms with van der Waals surface area (Å²) in [6.45, 7) is 1.95. The molecule has 0 bridgehead atoms. The molecule has 2 aromatic carbocycles. The average Bonchev–Trinajstić information content (AvgIpc) is 2.56. The molecule has 0 heterocycles. The van der Waals surface area contributed by atoms with Gasteiger partial charge in [-0.25, -0.2) is 12.7 Å². The maximum absolute atomic E-state index is 12.4. The molecule has 0 spiro atoms. The quantitative estimate of drug-likeness (QED) is 0.834. The first-order valence-electron chi connectivity index (χ1n) is 7.63. The molecule has 0 aliphatic heterocycles. The minimum Gasteiger partial charge on any atom is -0.497 e. The van der Waals surface area contributed by atoms with Gasteiger partial charge in [0.15, 0.2) is 0 Å². The van der Waals surface area contributed by atoms with Gasteiger partial charge in [0.05, 0.1) is 19.0 Å². The summed E-state index contributed by atoms with van der Waals surface area (Å²) in [7, 11) is -0.445. The Morgan fingerprint density at radius 3 is 2.21 bits per heavy atom. The normalized spacial score (nSPS) is 13.0. The van der Waals surface area contributed by atoms with E-state index in [1.54, 1.807) is 43.5 Å². The number of aliphatic hydroxyl groups excluding tert-OH is 1. The number of ether oxygens (including phenoxy) is 1. The highest BCUT2D eigenvalue weighted by molar-refractivity contribution is 7.88. The number of aryl methyl sites for hydroxylation is 1. The van der Waals surface area contributed by atoms with Gasteiger partial charge in [-0.15, -0.1) is 0 Å². The fourth-order valence-corrected chi connectivity index (χ4v) is 3.50. The van der Waals surface area contributed by atoms with Crippen molar-refractivity contribution in [3.8, 4) is 5.75 Å². The third-order valence-electron chi connectivity index (χ3n) is 3.88. The van der Waals surface area contributed by atoms with E-state index in [0.29, 0.717) is 11.3 Å². The van der Waals surface area contributed by atoms with Gasteiger partial charge in [0.25, 0.3) is 0 Å². The average molecular weight is 349 g/mol. The first kappa shape index (κ1) is 18.4. The molecule has 1 unspecified atom stereocenters. The van der Waals surface area contributed by atoms with Gasteiger partial charge in [0.2, 0.25) is 10.0 Å². The summed E-state index contributed by atoms with van der Waals surface area (Å²) in [6.07, 6.45) is -0.895. The number of rotatable bonds is 7. The molecule has 24 heavy (non-hydrogen) atoms. The predicted octanol–water partition coefficient (Wildman–Crippen LogP) is 2.50. The van der Waals surface area contributed by atoms with Crippen LogP contribution in [0, 0.1) is 6.92 Å². The van der Waals surface area contributed by atoms with Crippen LogP contribution in [0.1, 0.15) is 22.8 Å². The van der Waals surface area contributed by atoms with E-state index >= 15 is 0 Å². The number of aliphatic hydroxyl groups is 1. The second-order valence-corrected chi connectivity index (χ2v) is 7.89. The van der Waals surface area contributed by atoms with Gasteiger partial charge in [-0.3, -0.25) is 0 Å². The Morgan fingerprint density at radius 1 is 1.08 bits per heavy atom. The van der Waals surface area contributed by atoms with E-state index < -0.39 is 16.1 Å². The summed E-state index contributed by atoms with van der Waals surface area (Å²) < 4.78 is 31.2. The lowest BCUT2D eigenvalue weighted by Gasteiger charge is -2.21. The molecule has 6 heteroatoms. The van der Waals surface area contributed by atoms with Crippen LogP contribution in [0.3, 0.4) is 0 Å². The van der Waals surface area contributed by atoms with Gasteiger partial charge in [-0.05, 0) is 30.2 Å². The van der Waals surface area contributed by atoms with Crippen LogP contribution in [0.15, 0.2) is 48.5 Å². The molecule has 0 radical (unpaired) electrons. The van der Waals surface area contributed by atoms with E-state index in [1.165, 1.54) is 11.4 Å². The van der Waals surface area contributed by atoms with Crippen molar-refractivity contribution >= 4 is 10.0 Å². The summed E-state index contributed by atoms with van der Waals surface area (Å²) in [5.41, 5.74) is 2.46. The summed E-state index contributed by atoms with van der Waals surface area (Å²) in [4.78, 5) is 0. The zero-order chi connectivity index (χ0) is 17.7. The number of nitrogens with zero attached hydrogens (tertiary/aromatic N) is 1. The highest BCUT2D eigenvalue weighted by Gasteiger charge is 2.22. The van der Waals surface area contributed by atoms with Crippen LogP contribution in [-0.4, -0.2) is 38.5 Å². The van der Waals surface area contributed by atoms with Gasteiger partial charge in [-0.1, -0.05) is 42.0 Å². The smallest absolute Gasteiger partial charge is 0.218 e. The fourth-order valence-electron chi connectivity index (χ4n) is 2.29. The van der Waals surface area contributed by atoms with Gasteiger partial charge in [0.1, 0.15) is 5.75 Å². The van der Waals surface area contributed by atoms with Crippen LogP contribution >= 0.6 is 0 Å². The summed E-state index contributed by atoms with van der Waals surface area (Å²) in [5.74, 6) is 0.602. The van der Waals surface area contributed by atoms with E-state index in [4.69, 9.17) is 4.74 Å². The molecule has 0 amide bonds. The molecule has 5 nitrogen and oxygen atoms in total. The van der Waals surface area contributed by atoms with Crippen molar-refractivity contribution in [2.45, 2.75) is 18.8 Å². The van der Waals surface area contributed by atoms with Crippen molar-refractivity contribution in [1.29, 1.82) is 0 Å². The van der Waals surface area contributed by atoms with E-state index in [2.05, 4.69) is 0 Å². The van der Waals surface area contributed by atoms with E-state index in [9.17, 15) is 13.5 Å². The number of benzene rings is 2. The lowest BCUT2D eigenvalue weighted by atomic mass is 10.1. The van der Waals surface area contributed by atoms with Gasteiger partial charge < -0.3 is 9.84 Å². The van der Waals surface area contributed by atoms with Crippen molar-refractivity contribution < 1.29 is 18.3 Å². The zero-order valence-electron chi connectivity index (χ0n) is 14.1. The molecule has 0 aliphatic carbocycles. The second kappa shape index (κ2) is 7.79. The van der Waals surface area contributed by atoms with Crippen LogP contribution < -0.4 is 4.74 Å². The van der Waals surface area contributed by atoms with Crippen molar-refractivity contribution in [3.63, 3.8) is 0 Å². The molecule has 0 saturated carbocycles. The molecule has 0 fully saturated rings. The zero-order valence-corrected chi connectivity index (χ0v) is 15.0. The van der Waals surface area contributed by atoms with Crippen molar-refractivity contribution in [2.24, 2.45) is 0 Å². The molecule has 1 N–H and O–H groups in total. The topological polar surface area (TPSA) is 66.8 Å². The fraction of sp³-hybridized carbons (Fsp3) is 0.333. The molecule has 0 saturated heterocycles. The summed E-state index contributed by atoms with van der Waals surface area (Å²) >= 11 is 0.